The van der Waals surface area contributed by atoms with E-state index >= 15 is 0 Å². The molecule has 0 bridgehead atoms. The molecule has 0 unspecified atom stereocenters. The quantitative estimate of drug-likeness (QED) is 0.655. The number of carboxylic acids is 2. The fourth-order valence-electron chi connectivity index (χ4n) is 0. The van der Waals surface area contributed by atoms with Crippen LogP contribution in [0.25, 0.3) is 0 Å². The summed E-state index contributed by atoms with van der Waals surface area (Å²) in [6, 6.07) is 0. The summed E-state index contributed by atoms with van der Waals surface area (Å²) in [5.41, 5.74) is 0. The molecule has 0 amide bonds. The molecule has 0 atom stereocenters. The maximum Gasteiger partial charge on any atom is 0.490 e. The van der Waals surface area contributed by atoms with Gasteiger partial charge < -0.3 is 10.2 Å². The Morgan fingerprint density at radius 2 is 0.800 bits per heavy atom. The van der Waals surface area contributed by atoms with Crippen molar-refractivity contribution in [3.05, 3.63) is 0 Å². The van der Waals surface area contributed by atoms with Gasteiger partial charge in [-0.05, 0) is 0 Å². The van der Waals surface area contributed by atoms with Gasteiger partial charge >= 0.3 is 24.3 Å². The number of alkyl halides is 6. The van der Waals surface area contributed by atoms with Crippen LogP contribution in [0, 0.1) is 0 Å². The van der Waals surface area contributed by atoms with Crippen molar-refractivity contribution in [2.75, 3.05) is 0 Å². The van der Waals surface area contributed by atoms with E-state index in [0.717, 1.165) is 0 Å². The molecule has 0 aliphatic heterocycles. The molecule has 0 aliphatic carbocycles. The predicted molar refractivity (Wildman–Crippen MR) is 27.4 cm³/mol. The molecule has 0 aromatic heterocycles. The normalized spacial score (nSPS) is 10.5. The second kappa shape index (κ2) is 6.52. The third-order valence-electron chi connectivity index (χ3n) is 0.485. The van der Waals surface area contributed by atoms with Crippen LogP contribution in [0.5, 0.6) is 0 Å². The zero-order valence-electron chi connectivity index (χ0n) is 6.39. The summed E-state index contributed by atoms with van der Waals surface area (Å²) in [5.74, 6) is -5.51. The number of halogens is 6. The first kappa shape index (κ1) is 19.6. The molecule has 0 aromatic rings. The van der Waals surface area contributed by atoms with Crippen molar-refractivity contribution in [3.8, 4) is 0 Å². The Morgan fingerprint density at radius 3 is 0.800 bits per heavy atom. The van der Waals surface area contributed by atoms with Crippen LogP contribution in [0.3, 0.4) is 0 Å². The Labute approximate surface area is 88.6 Å². The molecule has 0 spiro atoms. The van der Waals surface area contributed by atoms with Crippen LogP contribution in [-0.2, 0) is 27.0 Å². The van der Waals surface area contributed by atoms with E-state index in [2.05, 4.69) is 0 Å². The van der Waals surface area contributed by atoms with Crippen molar-refractivity contribution < 1.29 is 63.5 Å². The summed E-state index contributed by atoms with van der Waals surface area (Å²) in [6.45, 7) is 0. The third kappa shape index (κ3) is 13.1. The van der Waals surface area contributed by atoms with E-state index in [1.165, 1.54) is 0 Å². The Morgan fingerprint density at radius 1 is 0.733 bits per heavy atom. The fourth-order valence-corrected chi connectivity index (χ4v) is 0. The molecule has 2 N–H and O–H groups in total. The van der Waals surface area contributed by atoms with Crippen molar-refractivity contribution in [2.24, 2.45) is 0 Å². The third-order valence-corrected chi connectivity index (χ3v) is 0.485. The van der Waals surface area contributed by atoms with E-state index in [9.17, 15) is 26.3 Å². The van der Waals surface area contributed by atoms with Gasteiger partial charge in [0.1, 0.15) is 0 Å². The van der Waals surface area contributed by atoms with Crippen molar-refractivity contribution in [1.82, 2.24) is 0 Å². The van der Waals surface area contributed by atoms with Crippen molar-refractivity contribution in [2.45, 2.75) is 12.4 Å². The number of rotatable bonds is 0. The SMILES string of the molecule is O=C(O)C(F)(F)F.O=C(O)C(F)(F)F.[Cr]. The molecule has 90 valence electrons. The van der Waals surface area contributed by atoms with E-state index in [4.69, 9.17) is 19.8 Å². The molecule has 0 rings (SSSR count). The first-order valence-electron chi connectivity index (χ1n) is 2.49. The van der Waals surface area contributed by atoms with Gasteiger partial charge in [0.15, 0.2) is 0 Å². The molecule has 0 fully saturated rings. The molecular formula is C4H2CrF6O4. The summed E-state index contributed by atoms with van der Waals surface area (Å²) in [7, 11) is 0. The van der Waals surface area contributed by atoms with E-state index < -0.39 is 24.3 Å². The van der Waals surface area contributed by atoms with E-state index in [1.54, 1.807) is 0 Å². The second-order valence-corrected chi connectivity index (χ2v) is 1.61. The summed E-state index contributed by atoms with van der Waals surface area (Å²) >= 11 is 0. The van der Waals surface area contributed by atoms with Gasteiger partial charge in [0, 0.05) is 17.4 Å². The van der Waals surface area contributed by atoms with Gasteiger partial charge in [0.05, 0.1) is 0 Å². The maximum atomic E-state index is 10.6. The van der Waals surface area contributed by atoms with Crippen LogP contribution < -0.4 is 0 Å². The van der Waals surface area contributed by atoms with Gasteiger partial charge in [-0.3, -0.25) is 0 Å². The molecule has 11 heteroatoms. The Bertz CT molecular complexity index is 196. The molecule has 0 saturated heterocycles. The minimum Gasteiger partial charge on any atom is -0.475 e. The van der Waals surface area contributed by atoms with Crippen LogP contribution >= 0.6 is 0 Å². The van der Waals surface area contributed by atoms with E-state index in [-0.39, 0.29) is 17.4 Å². The number of carboxylic acid groups (broad SMARTS) is 2. The number of aliphatic carboxylic acids is 2. The monoisotopic (exact) mass is 280 g/mol. The van der Waals surface area contributed by atoms with E-state index in [1.807, 2.05) is 0 Å². The molecule has 0 heterocycles. The van der Waals surface area contributed by atoms with Gasteiger partial charge in [0.2, 0.25) is 0 Å². The molecule has 0 aromatic carbocycles. The second-order valence-electron chi connectivity index (χ2n) is 1.61. The molecule has 0 aliphatic rings. The minimum atomic E-state index is -5.08. The average molecular weight is 280 g/mol. The van der Waals surface area contributed by atoms with Crippen LogP contribution in [0.15, 0.2) is 0 Å². The fraction of sp³-hybridized carbons (Fsp3) is 0.500. The summed E-state index contributed by atoms with van der Waals surface area (Å²) in [4.78, 5) is 17.8. The summed E-state index contributed by atoms with van der Waals surface area (Å²) in [5, 5.41) is 14.2. The molecule has 4 nitrogen and oxygen atoms in total. The topological polar surface area (TPSA) is 74.6 Å². The smallest absolute Gasteiger partial charge is 0.475 e. The largest absolute Gasteiger partial charge is 0.490 e. The predicted octanol–water partition coefficient (Wildman–Crippen LogP) is 1.26. The van der Waals surface area contributed by atoms with Crippen molar-refractivity contribution in [3.63, 3.8) is 0 Å². The van der Waals surface area contributed by atoms with Crippen LogP contribution in [-0.4, -0.2) is 34.5 Å². The number of hydrogen-bond acceptors (Lipinski definition) is 2. The Kier molecular flexibility index (Phi) is 8.52. The Balaban J connectivity index is -0.000000180. The van der Waals surface area contributed by atoms with Gasteiger partial charge in [-0.1, -0.05) is 0 Å². The van der Waals surface area contributed by atoms with Crippen molar-refractivity contribution in [1.29, 1.82) is 0 Å². The minimum absolute atomic E-state index is 0. The van der Waals surface area contributed by atoms with Crippen molar-refractivity contribution >= 4 is 11.9 Å². The van der Waals surface area contributed by atoms with Crippen LogP contribution in [0.1, 0.15) is 0 Å². The summed E-state index contributed by atoms with van der Waals surface area (Å²) in [6.07, 6.45) is -10.2. The van der Waals surface area contributed by atoms with Gasteiger partial charge in [-0.25, -0.2) is 9.59 Å². The maximum absolute atomic E-state index is 10.6. The average Bonchev–Trinajstić information content (AvgIpc) is 1.83. The molecule has 0 saturated carbocycles. The molecular weight excluding hydrogens is 278 g/mol. The number of carbonyl (C=O) groups is 2. The first-order chi connectivity index (χ1) is 5.89. The Hall–Kier alpha value is -0.948. The summed E-state index contributed by atoms with van der Waals surface area (Å²) < 4.78 is 63.5. The molecule has 0 radical (unpaired) electrons. The van der Waals surface area contributed by atoms with Gasteiger partial charge in [-0.2, -0.15) is 26.3 Å². The zero-order chi connectivity index (χ0) is 12.2. The number of hydrogen-bond donors (Lipinski definition) is 2. The first-order valence-corrected chi connectivity index (χ1v) is 2.49. The van der Waals surface area contributed by atoms with Gasteiger partial charge in [0.25, 0.3) is 0 Å². The standard InChI is InChI=1S/2C2HF3O2.Cr/c2*3-2(4,5)1(6)7;/h2*(H,6,7);. The van der Waals surface area contributed by atoms with Crippen LogP contribution in [0.2, 0.25) is 0 Å². The zero-order valence-corrected chi connectivity index (χ0v) is 7.66. The van der Waals surface area contributed by atoms with Gasteiger partial charge in [-0.15, -0.1) is 0 Å². The van der Waals surface area contributed by atoms with Crippen LogP contribution in [0.4, 0.5) is 26.3 Å². The molecule has 15 heavy (non-hydrogen) atoms. The van der Waals surface area contributed by atoms with E-state index in [0.29, 0.717) is 0 Å².